The van der Waals surface area contributed by atoms with Crippen LogP contribution in [0.25, 0.3) is 21.8 Å². The number of aromatic nitrogens is 2. The monoisotopic (exact) mass is 388 g/mol. The van der Waals surface area contributed by atoms with Crippen LogP contribution in [0, 0.1) is 0 Å². The van der Waals surface area contributed by atoms with E-state index in [4.69, 9.17) is 9.47 Å². The molecule has 28 heavy (non-hydrogen) atoms. The average Bonchev–Trinajstić information content (AvgIpc) is 3.08. The largest absolute Gasteiger partial charge is 0.489 e. The summed E-state index contributed by atoms with van der Waals surface area (Å²) in [5, 5.41) is 28.6. The molecule has 10 nitrogen and oxygen atoms in total. The highest BCUT2D eigenvalue weighted by Crippen LogP contribution is 2.44. The van der Waals surface area contributed by atoms with Gasteiger partial charge in [-0.05, 0) is 26.0 Å². The number of rotatable bonds is 7. The molecule has 0 atom stereocenters. The third-order valence-corrected chi connectivity index (χ3v) is 4.01. The number of carboxylic acids is 3. The number of hydrogen-bond donors (Lipinski definition) is 4. The Kier molecular flexibility index (Phi) is 4.78. The summed E-state index contributed by atoms with van der Waals surface area (Å²) in [6.45, 7) is 3.77. The molecule has 0 saturated heterocycles. The van der Waals surface area contributed by atoms with Crippen molar-refractivity contribution < 1.29 is 39.2 Å². The summed E-state index contributed by atoms with van der Waals surface area (Å²) < 4.78 is 11.2. The smallest absolute Gasteiger partial charge is 0.354 e. The molecule has 0 amide bonds. The molecule has 2 heterocycles. The number of hydrogen-bond acceptors (Lipinski definition) is 6. The first kappa shape index (κ1) is 19.0. The van der Waals surface area contributed by atoms with Crippen LogP contribution in [0.5, 0.6) is 11.5 Å². The van der Waals surface area contributed by atoms with Gasteiger partial charge < -0.3 is 29.8 Å². The maximum Gasteiger partial charge on any atom is 0.354 e. The molecule has 0 bridgehead atoms. The molecule has 0 unspecified atom stereocenters. The molecule has 0 radical (unpaired) electrons. The minimum Gasteiger partial charge on any atom is -0.489 e. The van der Waals surface area contributed by atoms with E-state index in [2.05, 4.69) is 9.97 Å². The standard InChI is InChI=1S/C18H16N2O8/c1-3-27-14-8-6-10(18(25)26)19-12(8)11-7(16(21)22)5-9(17(23)24)20-13(11)15(14)28-4-2/h5-6,19H,3-4H2,1-2H3,(H,21,22)(H,23,24)(H,25,26). The van der Waals surface area contributed by atoms with Crippen LogP contribution in [0.15, 0.2) is 12.1 Å². The summed E-state index contributed by atoms with van der Waals surface area (Å²) in [7, 11) is 0. The van der Waals surface area contributed by atoms with E-state index in [0.29, 0.717) is 5.39 Å². The zero-order valence-electron chi connectivity index (χ0n) is 14.9. The number of carbonyl (C=O) groups is 3. The average molecular weight is 388 g/mol. The van der Waals surface area contributed by atoms with Gasteiger partial charge >= 0.3 is 17.9 Å². The number of pyridine rings is 1. The van der Waals surface area contributed by atoms with Crippen molar-refractivity contribution in [2.45, 2.75) is 13.8 Å². The van der Waals surface area contributed by atoms with Gasteiger partial charge in [-0.3, -0.25) is 0 Å². The number of benzene rings is 1. The van der Waals surface area contributed by atoms with Crippen LogP contribution in [-0.4, -0.2) is 56.4 Å². The van der Waals surface area contributed by atoms with E-state index in [1.807, 2.05) is 0 Å². The highest BCUT2D eigenvalue weighted by molar-refractivity contribution is 6.19. The highest BCUT2D eigenvalue weighted by Gasteiger charge is 2.27. The normalized spacial score (nSPS) is 10.9. The van der Waals surface area contributed by atoms with E-state index in [-0.39, 0.29) is 52.4 Å². The second kappa shape index (κ2) is 7.06. The zero-order valence-corrected chi connectivity index (χ0v) is 14.9. The lowest BCUT2D eigenvalue weighted by Gasteiger charge is -2.16. The number of aromatic amines is 1. The van der Waals surface area contributed by atoms with Gasteiger partial charge in [-0.1, -0.05) is 0 Å². The lowest BCUT2D eigenvalue weighted by molar-refractivity contribution is 0.0678. The van der Waals surface area contributed by atoms with Crippen molar-refractivity contribution in [3.05, 3.63) is 29.1 Å². The molecule has 10 heteroatoms. The number of carboxylic acid groups (broad SMARTS) is 3. The van der Waals surface area contributed by atoms with Gasteiger partial charge in [0.1, 0.15) is 16.9 Å². The summed E-state index contributed by atoms with van der Waals surface area (Å²) in [5.41, 5.74) is -0.924. The molecule has 0 saturated carbocycles. The first-order valence-electron chi connectivity index (χ1n) is 8.28. The van der Waals surface area contributed by atoms with Crippen molar-refractivity contribution in [3.8, 4) is 11.5 Å². The fraction of sp³-hybridized carbons (Fsp3) is 0.222. The van der Waals surface area contributed by atoms with Crippen molar-refractivity contribution in [2.24, 2.45) is 0 Å². The molecule has 3 rings (SSSR count). The molecule has 0 fully saturated rings. The fourth-order valence-corrected chi connectivity index (χ4v) is 2.98. The summed E-state index contributed by atoms with van der Waals surface area (Å²) >= 11 is 0. The van der Waals surface area contributed by atoms with Gasteiger partial charge in [-0.2, -0.15) is 0 Å². The molecule has 0 aliphatic rings. The Morgan fingerprint density at radius 2 is 1.61 bits per heavy atom. The predicted octanol–water partition coefficient (Wildman–Crippen LogP) is 2.61. The van der Waals surface area contributed by atoms with Crippen molar-refractivity contribution in [1.82, 2.24) is 9.97 Å². The molecular weight excluding hydrogens is 372 g/mol. The van der Waals surface area contributed by atoms with Gasteiger partial charge in [-0.25, -0.2) is 19.4 Å². The zero-order chi connectivity index (χ0) is 20.6. The maximum atomic E-state index is 11.8. The van der Waals surface area contributed by atoms with Gasteiger partial charge in [0.15, 0.2) is 11.5 Å². The first-order chi connectivity index (χ1) is 13.3. The SMILES string of the molecule is CCOc1c(OCC)c2nc(C(=O)O)cc(C(=O)O)c2c2[nH]c(C(=O)O)cc12. The topological polar surface area (TPSA) is 159 Å². The number of ether oxygens (including phenoxy) is 2. The highest BCUT2D eigenvalue weighted by atomic mass is 16.5. The Morgan fingerprint density at radius 1 is 0.964 bits per heavy atom. The Labute approximate surface area is 157 Å². The lowest BCUT2D eigenvalue weighted by Crippen LogP contribution is -2.09. The van der Waals surface area contributed by atoms with Crippen molar-refractivity contribution in [1.29, 1.82) is 0 Å². The second-order valence-electron chi connectivity index (χ2n) is 5.69. The molecule has 0 spiro atoms. The number of aromatic carboxylic acids is 3. The third kappa shape index (κ3) is 2.94. The fourth-order valence-electron chi connectivity index (χ4n) is 2.98. The molecule has 4 N–H and O–H groups in total. The third-order valence-electron chi connectivity index (χ3n) is 4.01. The number of nitrogens with zero attached hydrogens (tertiary/aromatic N) is 1. The van der Waals surface area contributed by atoms with Crippen LogP contribution in [-0.2, 0) is 0 Å². The Hall–Kier alpha value is -3.82. The molecule has 3 aromatic rings. The molecule has 2 aromatic heterocycles. The summed E-state index contributed by atoms with van der Waals surface area (Å²) in [4.78, 5) is 41.4. The minimum absolute atomic E-state index is 0.0342. The summed E-state index contributed by atoms with van der Waals surface area (Å²) in [5.74, 6) is -3.86. The summed E-state index contributed by atoms with van der Waals surface area (Å²) in [6, 6.07) is 2.23. The van der Waals surface area contributed by atoms with Crippen LogP contribution >= 0.6 is 0 Å². The Balaban J connectivity index is 2.62. The Bertz CT molecular complexity index is 1130. The van der Waals surface area contributed by atoms with Gasteiger partial charge in [0.25, 0.3) is 0 Å². The van der Waals surface area contributed by atoms with Crippen LogP contribution in [0.1, 0.15) is 45.2 Å². The quantitative estimate of drug-likeness (QED) is 0.477. The van der Waals surface area contributed by atoms with Gasteiger partial charge in [0.05, 0.1) is 24.3 Å². The van der Waals surface area contributed by atoms with E-state index in [1.54, 1.807) is 13.8 Å². The van der Waals surface area contributed by atoms with Crippen molar-refractivity contribution >= 4 is 39.7 Å². The van der Waals surface area contributed by atoms with E-state index in [9.17, 15) is 29.7 Å². The van der Waals surface area contributed by atoms with Crippen molar-refractivity contribution in [2.75, 3.05) is 13.2 Å². The Morgan fingerprint density at radius 3 is 2.14 bits per heavy atom. The van der Waals surface area contributed by atoms with Crippen molar-refractivity contribution in [3.63, 3.8) is 0 Å². The minimum atomic E-state index is -1.41. The molecular formula is C18H16N2O8. The van der Waals surface area contributed by atoms with Gasteiger partial charge in [-0.15, -0.1) is 0 Å². The van der Waals surface area contributed by atoms with E-state index in [0.717, 1.165) is 6.07 Å². The maximum absolute atomic E-state index is 11.8. The van der Waals surface area contributed by atoms with Gasteiger partial charge in [0, 0.05) is 10.8 Å². The predicted molar refractivity (Wildman–Crippen MR) is 96.8 cm³/mol. The van der Waals surface area contributed by atoms with E-state index < -0.39 is 23.6 Å². The first-order valence-corrected chi connectivity index (χ1v) is 8.28. The summed E-state index contributed by atoms with van der Waals surface area (Å²) in [6.07, 6.45) is 0. The van der Waals surface area contributed by atoms with E-state index >= 15 is 0 Å². The second-order valence-corrected chi connectivity index (χ2v) is 5.69. The molecule has 0 aliphatic heterocycles. The van der Waals surface area contributed by atoms with Crippen LogP contribution < -0.4 is 9.47 Å². The molecule has 146 valence electrons. The van der Waals surface area contributed by atoms with Crippen LogP contribution in [0.4, 0.5) is 0 Å². The number of fused-ring (bicyclic) bond motifs is 3. The van der Waals surface area contributed by atoms with Gasteiger partial charge in [0.2, 0.25) is 0 Å². The molecule has 1 aromatic carbocycles. The number of H-pyrrole nitrogens is 1. The number of nitrogens with one attached hydrogen (secondary N) is 1. The van der Waals surface area contributed by atoms with Crippen LogP contribution in [0.3, 0.4) is 0 Å². The lowest BCUT2D eigenvalue weighted by atomic mass is 10.0. The molecule has 0 aliphatic carbocycles. The van der Waals surface area contributed by atoms with Crippen LogP contribution in [0.2, 0.25) is 0 Å². The van der Waals surface area contributed by atoms with E-state index in [1.165, 1.54) is 6.07 Å².